The summed E-state index contributed by atoms with van der Waals surface area (Å²) in [7, 11) is 0. The van der Waals surface area contributed by atoms with E-state index in [2.05, 4.69) is 17.2 Å². The second-order valence-electron chi connectivity index (χ2n) is 4.60. The van der Waals surface area contributed by atoms with Crippen LogP contribution in [-0.2, 0) is 0 Å². The summed E-state index contributed by atoms with van der Waals surface area (Å²) in [5.74, 6) is 0. The standard InChI is InChI=1S/C14H16ClN3S2/c1-7-13(20-9(3)17-7)8(2)18-12-6-10(15)4-5-11(12)14(16)19/h4-6,8,18H,1-3H3,(H2,16,19). The lowest BCUT2D eigenvalue weighted by atomic mass is 10.1. The van der Waals surface area contributed by atoms with E-state index in [-0.39, 0.29) is 6.04 Å². The van der Waals surface area contributed by atoms with Crippen LogP contribution in [0.2, 0.25) is 5.02 Å². The van der Waals surface area contributed by atoms with Gasteiger partial charge in [0.15, 0.2) is 0 Å². The van der Waals surface area contributed by atoms with Crippen molar-refractivity contribution in [3.8, 4) is 0 Å². The fourth-order valence-corrected chi connectivity index (χ4v) is 3.38. The molecule has 20 heavy (non-hydrogen) atoms. The maximum absolute atomic E-state index is 6.05. The lowest BCUT2D eigenvalue weighted by molar-refractivity contribution is 0.889. The average Bonchev–Trinajstić information content (AvgIpc) is 2.68. The van der Waals surface area contributed by atoms with Crippen molar-refractivity contribution < 1.29 is 0 Å². The van der Waals surface area contributed by atoms with Crippen molar-refractivity contribution in [3.63, 3.8) is 0 Å². The second-order valence-corrected chi connectivity index (χ2v) is 6.71. The molecule has 0 saturated heterocycles. The van der Waals surface area contributed by atoms with Gasteiger partial charge >= 0.3 is 0 Å². The third-order valence-electron chi connectivity index (χ3n) is 2.95. The van der Waals surface area contributed by atoms with Gasteiger partial charge in [-0.2, -0.15) is 0 Å². The van der Waals surface area contributed by atoms with Gasteiger partial charge in [-0.15, -0.1) is 11.3 Å². The number of nitrogens with one attached hydrogen (secondary N) is 1. The Kier molecular flexibility index (Phi) is 4.62. The van der Waals surface area contributed by atoms with Crippen molar-refractivity contribution in [1.82, 2.24) is 4.98 Å². The molecular weight excluding hydrogens is 310 g/mol. The summed E-state index contributed by atoms with van der Waals surface area (Å²) < 4.78 is 0. The van der Waals surface area contributed by atoms with Crippen LogP contribution in [0.1, 0.15) is 34.1 Å². The van der Waals surface area contributed by atoms with E-state index in [0.29, 0.717) is 10.0 Å². The van der Waals surface area contributed by atoms with Gasteiger partial charge in [0.2, 0.25) is 0 Å². The van der Waals surface area contributed by atoms with E-state index in [1.54, 1.807) is 17.4 Å². The quantitative estimate of drug-likeness (QED) is 0.826. The van der Waals surface area contributed by atoms with Gasteiger partial charge in [-0.1, -0.05) is 23.8 Å². The summed E-state index contributed by atoms with van der Waals surface area (Å²) >= 11 is 12.8. The molecule has 1 atom stereocenters. The summed E-state index contributed by atoms with van der Waals surface area (Å²) in [6.07, 6.45) is 0. The lowest BCUT2D eigenvalue weighted by Gasteiger charge is -2.17. The molecule has 1 unspecified atom stereocenters. The first-order chi connectivity index (χ1) is 9.38. The first kappa shape index (κ1) is 15.2. The summed E-state index contributed by atoms with van der Waals surface area (Å²) in [5.41, 5.74) is 8.45. The average molecular weight is 326 g/mol. The SMILES string of the molecule is Cc1nc(C)c(C(C)Nc2cc(Cl)ccc2C(N)=S)s1. The number of thiazole rings is 1. The molecule has 6 heteroatoms. The molecule has 0 aliphatic heterocycles. The highest BCUT2D eigenvalue weighted by atomic mass is 35.5. The Morgan fingerprint density at radius 2 is 2.15 bits per heavy atom. The zero-order valence-corrected chi connectivity index (χ0v) is 13.9. The number of nitrogens with zero attached hydrogens (tertiary/aromatic N) is 1. The normalized spacial score (nSPS) is 12.2. The summed E-state index contributed by atoms with van der Waals surface area (Å²) in [4.78, 5) is 6.01. The number of thiocarbonyl (C=S) groups is 1. The zero-order valence-electron chi connectivity index (χ0n) is 11.5. The number of rotatable bonds is 4. The highest BCUT2D eigenvalue weighted by Gasteiger charge is 2.15. The van der Waals surface area contributed by atoms with Gasteiger partial charge in [0.1, 0.15) is 4.99 Å². The van der Waals surface area contributed by atoms with Crippen LogP contribution in [0, 0.1) is 13.8 Å². The molecular formula is C14H16ClN3S2. The Morgan fingerprint density at radius 1 is 1.45 bits per heavy atom. The van der Waals surface area contributed by atoms with Crippen LogP contribution in [0.4, 0.5) is 5.69 Å². The Bertz CT molecular complexity index is 652. The zero-order chi connectivity index (χ0) is 14.9. The van der Waals surface area contributed by atoms with E-state index in [4.69, 9.17) is 29.6 Å². The van der Waals surface area contributed by atoms with Crippen LogP contribution in [0.25, 0.3) is 0 Å². The van der Waals surface area contributed by atoms with Crippen molar-refractivity contribution in [2.45, 2.75) is 26.8 Å². The Balaban J connectivity index is 2.32. The molecule has 0 aliphatic rings. The molecule has 1 aromatic heterocycles. The third kappa shape index (κ3) is 3.29. The Hall–Kier alpha value is -1.17. The number of aryl methyl sites for hydroxylation is 2. The first-order valence-electron chi connectivity index (χ1n) is 6.18. The number of benzene rings is 1. The van der Waals surface area contributed by atoms with E-state index >= 15 is 0 Å². The fourth-order valence-electron chi connectivity index (χ4n) is 2.10. The molecule has 1 aromatic carbocycles. The van der Waals surface area contributed by atoms with Crippen molar-refractivity contribution in [1.29, 1.82) is 0 Å². The van der Waals surface area contributed by atoms with E-state index in [0.717, 1.165) is 22.0 Å². The molecule has 0 amide bonds. The topological polar surface area (TPSA) is 50.9 Å². The van der Waals surface area contributed by atoms with Crippen LogP contribution in [0.15, 0.2) is 18.2 Å². The molecule has 0 spiro atoms. The minimum atomic E-state index is 0.118. The number of halogens is 1. The van der Waals surface area contributed by atoms with E-state index in [9.17, 15) is 0 Å². The summed E-state index contributed by atoms with van der Waals surface area (Å²) in [6.45, 7) is 6.11. The van der Waals surface area contributed by atoms with E-state index < -0.39 is 0 Å². The molecule has 0 fully saturated rings. The highest BCUT2D eigenvalue weighted by molar-refractivity contribution is 7.80. The smallest absolute Gasteiger partial charge is 0.106 e. The van der Waals surface area contributed by atoms with Gasteiger partial charge in [-0.05, 0) is 39.0 Å². The molecule has 0 saturated carbocycles. The van der Waals surface area contributed by atoms with Gasteiger partial charge in [0, 0.05) is 21.2 Å². The van der Waals surface area contributed by atoms with Gasteiger partial charge in [0.25, 0.3) is 0 Å². The van der Waals surface area contributed by atoms with Gasteiger partial charge in [-0.3, -0.25) is 0 Å². The van der Waals surface area contributed by atoms with Crippen LogP contribution >= 0.6 is 35.2 Å². The molecule has 3 N–H and O–H groups in total. The van der Waals surface area contributed by atoms with Gasteiger partial charge in [-0.25, -0.2) is 4.98 Å². The van der Waals surface area contributed by atoms with Crippen LogP contribution < -0.4 is 11.1 Å². The number of hydrogen-bond acceptors (Lipinski definition) is 4. The molecule has 0 aliphatic carbocycles. The summed E-state index contributed by atoms with van der Waals surface area (Å²) in [5, 5.41) is 5.13. The largest absolute Gasteiger partial charge is 0.389 e. The Labute approximate surface area is 133 Å². The van der Waals surface area contributed by atoms with E-state index in [1.165, 1.54) is 4.88 Å². The highest BCUT2D eigenvalue weighted by Crippen LogP contribution is 2.30. The van der Waals surface area contributed by atoms with Crippen molar-refractivity contribution >= 4 is 45.8 Å². The molecule has 0 bridgehead atoms. The number of aromatic nitrogens is 1. The molecule has 2 aromatic rings. The van der Waals surface area contributed by atoms with Crippen molar-refractivity contribution in [2.24, 2.45) is 5.73 Å². The molecule has 3 nitrogen and oxygen atoms in total. The minimum absolute atomic E-state index is 0.118. The van der Waals surface area contributed by atoms with Crippen molar-refractivity contribution in [3.05, 3.63) is 44.4 Å². The predicted octanol–water partition coefficient (Wildman–Crippen LogP) is 4.22. The number of hydrogen-bond donors (Lipinski definition) is 2. The van der Waals surface area contributed by atoms with Gasteiger partial charge in [0.05, 0.1) is 16.7 Å². The lowest BCUT2D eigenvalue weighted by Crippen LogP contribution is -2.15. The molecule has 106 valence electrons. The molecule has 1 heterocycles. The predicted molar refractivity (Wildman–Crippen MR) is 91.0 cm³/mol. The maximum Gasteiger partial charge on any atom is 0.106 e. The number of nitrogens with two attached hydrogens (primary N) is 1. The molecule has 2 rings (SSSR count). The minimum Gasteiger partial charge on any atom is -0.389 e. The van der Waals surface area contributed by atoms with Crippen LogP contribution in [0.3, 0.4) is 0 Å². The second kappa shape index (κ2) is 6.08. The number of anilines is 1. The van der Waals surface area contributed by atoms with Crippen LogP contribution in [0.5, 0.6) is 0 Å². The molecule has 0 radical (unpaired) electrons. The van der Waals surface area contributed by atoms with Crippen LogP contribution in [-0.4, -0.2) is 9.97 Å². The van der Waals surface area contributed by atoms with E-state index in [1.807, 2.05) is 26.0 Å². The third-order valence-corrected chi connectivity index (χ3v) is 4.66. The Morgan fingerprint density at radius 3 is 2.70 bits per heavy atom. The maximum atomic E-state index is 6.05. The fraction of sp³-hybridized carbons (Fsp3) is 0.286. The monoisotopic (exact) mass is 325 g/mol. The first-order valence-corrected chi connectivity index (χ1v) is 7.78. The van der Waals surface area contributed by atoms with Gasteiger partial charge < -0.3 is 11.1 Å². The summed E-state index contributed by atoms with van der Waals surface area (Å²) in [6, 6.07) is 5.58. The van der Waals surface area contributed by atoms with Crippen molar-refractivity contribution in [2.75, 3.05) is 5.32 Å².